The van der Waals surface area contributed by atoms with E-state index in [4.69, 9.17) is 0 Å². The van der Waals surface area contributed by atoms with Crippen LogP contribution in [-0.2, 0) is 4.79 Å². The number of nitrogens with zero attached hydrogens (tertiary/aromatic N) is 1. The lowest BCUT2D eigenvalue weighted by molar-refractivity contribution is -0.117. The van der Waals surface area contributed by atoms with Gasteiger partial charge in [-0.15, -0.1) is 0 Å². The first-order valence-electron chi connectivity index (χ1n) is 4.07. The van der Waals surface area contributed by atoms with E-state index in [1.807, 2.05) is 19.1 Å². The molecule has 0 saturated carbocycles. The van der Waals surface area contributed by atoms with Crippen molar-refractivity contribution in [2.24, 2.45) is 0 Å². The van der Waals surface area contributed by atoms with Crippen LogP contribution in [0.5, 0.6) is 0 Å². The van der Waals surface area contributed by atoms with Crippen molar-refractivity contribution in [1.82, 2.24) is 10.3 Å². The Hall–Kier alpha value is -1.64. The Morgan fingerprint density at radius 3 is 2.77 bits per heavy atom. The normalized spacial score (nSPS) is 11.8. The Labute approximate surface area is 77.5 Å². The van der Waals surface area contributed by atoms with E-state index in [0.717, 1.165) is 5.56 Å². The Morgan fingerprint density at radius 2 is 2.23 bits per heavy atom. The van der Waals surface area contributed by atoms with Crippen molar-refractivity contribution in [3.63, 3.8) is 0 Å². The van der Waals surface area contributed by atoms with Gasteiger partial charge in [-0.1, -0.05) is 6.58 Å². The number of amides is 1. The number of carbonyl (C=O) groups excluding carboxylic acids is 1. The van der Waals surface area contributed by atoms with Gasteiger partial charge in [0.15, 0.2) is 0 Å². The van der Waals surface area contributed by atoms with Gasteiger partial charge in [0.05, 0.1) is 6.04 Å². The maximum atomic E-state index is 11.0. The summed E-state index contributed by atoms with van der Waals surface area (Å²) in [6.07, 6.45) is 4.66. The fourth-order valence-corrected chi connectivity index (χ4v) is 1.01. The third-order valence-electron chi connectivity index (χ3n) is 1.75. The fourth-order valence-electron chi connectivity index (χ4n) is 1.01. The monoisotopic (exact) mass is 176 g/mol. The van der Waals surface area contributed by atoms with Gasteiger partial charge in [0.25, 0.3) is 0 Å². The SMILES string of the molecule is C=CC(=O)N[C@H](C)c1ccncc1. The number of aromatic nitrogens is 1. The summed E-state index contributed by atoms with van der Waals surface area (Å²) in [5.41, 5.74) is 1.03. The molecule has 3 heteroatoms. The van der Waals surface area contributed by atoms with Gasteiger partial charge >= 0.3 is 0 Å². The lowest BCUT2D eigenvalue weighted by Gasteiger charge is -2.11. The highest BCUT2D eigenvalue weighted by Gasteiger charge is 2.05. The van der Waals surface area contributed by atoms with Crippen molar-refractivity contribution in [1.29, 1.82) is 0 Å². The zero-order valence-corrected chi connectivity index (χ0v) is 7.53. The number of pyridine rings is 1. The van der Waals surface area contributed by atoms with Crippen LogP contribution in [0.3, 0.4) is 0 Å². The van der Waals surface area contributed by atoms with Crippen LogP contribution in [0.2, 0.25) is 0 Å². The topological polar surface area (TPSA) is 42.0 Å². The van der Waals surface area contributed by atoms with Crippen molar-refractivity contribution in [2.75, 3.05) is 0 Å². The summed E-state index contributed by atoms with van der Waals surface area (Å²) in [5.74, 6) is -0.163. The van der Waals surface area contributed by atoms with Crippen molar-refractivity contribution in [3.8, 4) is 0 Å². The molecule has 1 N–H and O–H groups in total. The summed E-state index contributed by atoms with van der Waals surface area (Å²) in [6, 6.07) is 3.73. The number of hydrogen-bond acceptors (Lipinski definition) is 2. The molecule has 1 amide bonds. The second-order valence-electron chi connectivity index (χ2n) is 2.71. The van der Waals surface area contributed by atoms with Crippen molar-refractivity contribution >= 4 is 5.91 Å². The van der Waals surface area contributed by atoms with Crippen LogP contribution < -0.4 is 5.32 Å². The fraction of sp³-hybridized carbons (Fsp3) is 0.200. The average molecular weight is 176 g/mol. The highest BCUT2D eigenvalue weighted by Crippen LogP contribution is 2.09. The van der Waals surface area contributed by atoms with Crippen LogP contribution in [0.1, 0.15) is 18.5 Å². The number of hydrogen-bond donors (Lipinski definition) is 1. The predicted molar refractivity (Wildman–Crippen MR) is 51.0 cm³/mol. The molecule has 68 valence electrons. The van der Waals surface area contributed by atoms with E-state index >= 15 is 0 Å². The minimum Gasteiger partial charge on any atom is -0.346 e. The Morgan fingerprint density at radius 1 is 1.62 bits per heavy atom. The van der Waals surface area contributed by atoms with Crippen LogP contribution in [0, 0.1) is 0 Å². The van der Waals surface area contributed by atoms with E-state index < -0.39 is 0 Å². The zero-order chi connectivity index (χ0) is 9.68. The molecule has 3 nitrogen and oxygen atoms in total. The molecule has 0 aliphatic heterocycles. The van der Waals surface area contributed by atoms with E-state index in [1.165, 1.54) is 6.08 Å². The van der Waals surface area contributed by atoms with Gasteiger partial charge in [0.2, 0.25) is 5.91 Å². The lowest BCUT2D eigenvalue weighted by Crippen LogP contribution is -2.24. The molecule has 1 rings (SSSR count). The summed E-state index contributed by atoms with van der Waals surface area (Å²) in [7, 11) is 0. The largest absolute Gasteiger partial charge is 0.346 e. The van der Waals surface area contributed by atoms with Crippen LogP contribution >= 0.6 is 0 Å². The first-order valence-corrected chi connectivity index (χ1v) is 4.07. The van der Waals surface area contributed by atoms with Crippen LogP contribution in [0.15, 0.2) is 37.2 Å². The molecule has 1 aromatic heterocycles. The molecule has 0 spiro atoms. The van der Waals surface area contributed by atoms with E-state index in [2.05, 4.69) is 16.9 Å². The first kappa shape index (κ1) is 9.45. The van der Waals surface area contributed by atoms with Crippen molar-refractivity contribution < 1.29 is 4.79 Å². The van der Waals surface area contributed by atoms with Crippen molar-refractivity contribution in [2.45, 2.75) is 13.0 Å². The molecule has 13 heavy (non-hydrogen) atoms. The van der Waals surface area contributed by atoms with E-state index in [9.17, 15) is 4.79 Å². The maximum absolute atomic E-state index is 11.0. The van der Waals surface area contributed by atoms with Gasteiger partial charge in [0.1, 0.15) is 0 Å². The molecule has 0 unspecified atom stereocenters. The second kappa shape index (κ2) is 4.40. The standard InChI is InChI=1S/C10H12N2O/c1-3-10(13)12-8(2)9-4-6-11-7-5-9/h3-8H,1H2,2H3,(H,12,13)/t8-/m1/s1. The first-order chi connectivity index (χ1) is 6.24. The molecule has 1 heterocycles. The van der Waals surface area contributed by atoms with Gasteiger partial charge in [-0.2, -0.15) is 0 Å². The second-order valence-corrected chi connectivity index (χ2v) is 2.71. The zero-order valence-electron chi connectivity index (χ0n) is 7.53. The Bertz CT molecular complexity index is 295. The molecule has 0 fully saturated rings. The minimum atomic E-state index is -0.163. The van der Waals surface area contributed by atoms with Crippen LogP contribution in [0.25, 0.3) is 0 Å². The van der Waals surface area contributed by atoms with E-state index in [-0.39, 0.29) is 11.9 Å². The maximum Gasteiger partial charge on any atom is 0.243 e. The molecular formula is C10H12N2O. The Kier molecular flexibility index (Phi) is 3.20. The van der Waals surface area contributed by atoms with Gasteiger partial charge < -0.3 is 5.32 Å². The highest BCUT2D eigenvalue weighted by atomic mass is 16.1. The summed E-state index contributed by atoms with van der Waals surface area (Å²) in [6.45, 7) is 5.30. The van der Waals surface area contributed by atoms with Gasteiger partial charge in [-0.25, -0.2) is 0 Å². The summed E-state index contributed by atoms with van der Waals surface area (Å²) < 4.78 is 0. The highest BCUT2D eigenvalue weighted by molar-refractivity contribution is 5.87. The quantitative estimate of drug-likeness (QED) is 0.708. The number of nitrogens with one attached hydrogen (secondary N) is 1. The number of rotatable bonds is 3. The van der Waals surface area contributed by atoms with E-state index in [1.54, 1.807) is 12.4 Å². The van der Waals surface area contributed by atoms with Crippen LogP contribution in [-0.4, -0.2) is 10.9 Å². The molecule has 0 bridgehead atoms. The molecular weight excluding hydrogens is 164 g/mol. The summed E-state index contributed by atoms with van der Waals surface area (Å²) in [4.78, 5) is 14.8. The Balaban J connectivity index is 2.63. The molecule has 1 atom stereocenters. The lowest BCUT2D eigenvalue weighted by atomic mass is 10.1. The van der Waals surface area contributed by atoms with Gasteiger partial charge in [0, 0.05) is 12.4 Å². The molecule has 0 aromatic carbocycles. The smallest absolute Gasteiger partial charge is 0.243 e. The summed E-state index contributed by atoms with van der Waals surface area (Å²) >= 11 is 0. The van der Waals surface area contributed by atoms with Crippen molar-refractivity contribution in [3.05, 3.63) is 42.7 Å². The molecule has 0 aliphatic carbocycles. The molecule has 0 aliphatic rings. The summed E-state index contributed by atoms with van der Waals surface area (Å²) in [5, 5.41) is 2.76. The third-order valence-corrected chi connectivity index (χ3v) is 1.75. The predicted octanol–water partition coefficient (Wildman–Crippen LogP) is 1.44. The molecule has 0 radical (unpaired) electrons. The minimum absolute atomic E-state index is 0.00602. The third kappa shape index (κ3) is 2.71. The molecule has 0 saturated heterocycles. The van der Waals surface area contributed by atoms with Gasteiger partial charge in [-0.3, -0.25) is 9.78 Å². The van der Waals surface area contributed by atoms with Crippen LogP contribution in [0.4, 0.5) is 0 Å². The molecule has 1 aromatic rings. The van der Waals surface area contributed by atoms with E-state index in [0.29, 0.717) is 0 Å². The number of carbonyl (C=O) groups is 1. The average Bonchev–Trinajstić information content (AvgIpc) is 2.19. The van der Waals surface area contributed by atoms with Gasteiger partial charge in [-0.05, 0) is 30.7 Å².